The number of nitrogens with one attached hydrogen (secondary N) is 1. The third-order valence-electron chi connectivity index (χ3n) is 3.73. The van der Waals surface area contributed by atoms with Crippen molar-refractivity contribution in [2.75, 3.05) is 39.4 Å². The molecular weight excluding hydrogens is 228 g/mol. The lowest BCUT2D eigenvalue weighted by atomic mass is 10.2. The van der Waals surface area contributed by atoms with E-state index in [9.17, 15) is 0 Å². The first kappa shape index (κ1) is 12.6. The molecule has 16 heavy (non-hydrogen) atoms. The molecule has 0 aliphatic carbocycles. The molecule has 0 aromatic rings. The van der Waals surface area contributed by atoms with Crippen LogP contribution in [-0.2, 0) is 9.47 Å². The first-order valence-electron chi connectivity index (χ1n) is 6.10. The summed E-state index contributed by atoms with van der Waals surface area (Å²) in [6.07, 6.45) is 3.70. The van der Waals surface area contributed by atoms with Crippen molar-refractivity contribution in [3.05, 3.63) is 0 Å². The molecule has 0 unspecified atom stereocenters. The van der Waals surface area contributed by atoms with Crippen LogP contribution in [0.3, 0.4) is 0 Å². The Balaban J connectivity index is 0.000000963. The topological polar surface area (TPSA) is 33.7 Å². The second kappa shape index (κ2) is 5.19. The Bertz CT molecular complexity index is 228. The summed E-state index contributed by atoms with van der Waals surface area (Å²) < 4.78 is 11.4. The molecule has 0 aromatic heterocycles. The number of hydrogen-bond acceptors (Lipinski definition) is 4. The predicted octanol–water partition coefficient (Wildman–Crippen LogP) is 0.609. The minimum Gasteiger partial charge on any atom is -0.346 e. The van der Waals surface area contributed by atoms with E-state index < -0.39 is 0 Å². The summed E-state index contributed by atoms with van der Waals surface area (Å²) in [6.45, 7) is 5.99. The lowest BCUT2D eigenvalue weighted by molar-refractivity contribution is -0.145. The van der Waals surface area contributed by atoms with E-state index in [0.29, 0.717) is 6.04 Å². The summed E-state index contributed by atoms with van der Waals surface area (Å²) in [5, 5.41) is 3.54. The number of likely N-dealkylation sites (tertiary alicyclic amines) is 1. The molecule has 0 radical (unpaired) electrons. The molecule has 0 amide bonds. The zero-order valence-corrected chi connectivity index (χ0v) is 10.4. The van der Waals surface area contributed by atoms with Crippen molar-refractivity contribution in [2.45, 2.75) is 31.1 Å². The van der Waals surface area contributed by atoms with Crippen molar-refractivity contribution in [3.63, 3.8) is 0 Å². The van der Waals surface area contributed by atoms with Crippen LogP contribution in [0.5, 0.6) is 0 Å². The number of rotatable bonds is 2. The highest BCUT2D eigenvalue weighted by atomic mass is 35.5. The highest BCUT2D eigenvalue weighted by Gasteiger charge is 2.43. The smallest absolute Gasteiger partial charge is 0.182 e. The first-order valence-corrected chi connectivity index (χ1v) is 6.10. The van der Waals surface area contributed by atoms with Gasteiger partial charge in [-0.2, -0.15) is 0 Å². The molecular formula is C11H21ClN2O2. The van der Waals surface area contributed by atoms with E-state index in [-0.39, 0.29) is 18.2 Å². The molecule has 5 heteroatoms. The van der Waals surface area contributed by atoms with Crippen molar-refractivity contribution in [1.82, 2.24) is 10.2 Å². The summed E-state index contributed by atoms with van der Waals surface area (Å²) in [7, 11) is 0. The van der Waals surface area contributed by atoms with Crippen LogP contribution >= 0.6 is 12.4 Å². The summed E-state index contributed by atoms with van der Waals surface area (Å²) in [4.78, 5) is 2.48. The largest absolute Gasteiger partial charge is 0.346 e. The summed E-state index contributed by atoms with van der Waals surface area (Å²) in [5.74, 6) is -0.237. The van der Waals surface area contributed by atoms with Gasteiger partial charge in [-0.1, -0.05) is 0 Å². The number of hydrogen-bond donors (Lipinski definition) is 1. The van der Waals surface area contributed by atoms with Crippen LogP contribution < -0.4 is 5.32 Å². The number of nitrogens with zero attached hydrogens (tertiary/aromatic N) is 1. The summed E-state index contributed by atoms with van der Waals surface area (Å²) in [5.41, 5.74) is 0. The Labute approximate surface area is 103 Å². The van der Waals surface area contributed by atoms with E-state index in [0.717, 1.165) is 39.3 Å². The molecule has 3 fully saturated rings. The van der Waals surface area contributed by atoms with Crippen molar-refractivity contribution in [1.29, 1.82) is 0 Å². The van der Waals surface area contributed by atoms with Gasteiger partial charge in [-0.3, -0.25) is 4.90 Å². The SMILES string of the molecule is C1CN[C@H](CN2CCC3(C2)OCCO3)C1.Cl. The lowest BCUT2D eigenvalue weighted by Gasteiger charge is -2.24. The van der Waals surface area contributed by atoms with Crippen molar-refractivity contribution < 1.29 is 9.47 Å². The Morgan fingerprint density at radius 1 is 1.31 bits per heavy atom. The molecule has 1 spiro atoms. The predicted molar refractivity (Wildman–Crippen MR) is 64.0 cm³/mol. The maximum atomic E-state index is 5.71. The number of halogens is 1. The number of ether oxygens (including phenoxy) is 2. The van der Waals surface area contributed by atoms with E-state index in [1.807, 2.05) is 0 Å². The molecule has 0 aromatic carbocycles. The van der Waals surface area contributed by atoms with Crippen LogP contribution in [0.25, 0.3) is 0 Å². The van der Waals surface area contributed by atoms with Gasteiger partial charge in [-0.25, -0.2) is 0 Å². The maximum Gasteiger partial charge on any atom is 0.182 e. The lowest BCUT2D eigenvalue weighted by Crippen LogP contribution is -2.39. The molecule has 1 N–H and O–H groups in total. The van der Waals surface area contributed by atoms with E-state index in [1.54, 1.807) is 0 Å². The zero-order valence-electron chi connectivity index (χ0n) is 9.61. The Morgan fingerprint density at radius 2 is 2.12 bits per heavy atom. The monoisotopic (exact) mass is 248 g/mol. The minimum absolute atomic E-state index is 0. The molecule has 3 aliphatic rings. The highest BCUT2D eigenvalue weighted by Crippen LogP contribution is 2.30. The van der Waals surface area contributed by atoms with E-state index in [4.69, 9.17) is 9.47 Å². The van der Waals surface area contributed by atoms with Gasteiger partial charge in [0, 0.05) is 25.6 Å². The average molecular weight is 249 g/mol. The van der Waals surface area contributed by atoms with Crippen LogP contribution in [0, 0.1) is 0 Å². The highest BCUT2D eigenvalue weighted by molar-refractivity contribution is 5.85. The quantitative estimate of drug-likeness (QED) is 0.777. The standard InChI is InChI=1S/C11H20N2O2.ClH/c1-2-10(12-4-1)8-13-5-3-11(9-13)14-6-7-15-11;/h10,12H,1-9H2;1H/t10-;/m0./s1. The van der Waals surface area contributed by atoms with Gasteiger partial charge < -0.3 is 14.8 Å². The van der Waals surface area contributed by atoms with Crippen LogP contribution in [0.15, 0.2) is 0 Å². The Kier molecular flexibility index (Phi) is 4.08. The fraction of sp³-hybridized carbons (Fsp3) is 1.00. The van der Waals surface area contributed by atoms with Gasteiger partial charge in [-0.05, 0) is 19.4 Å². The van der Waals surface area contributed by atoms with Crippen molar-refractivity contribution in [3.8, 4) is 0 Å². The molecule has 3 rings (SSSR count). The normalized spacial score (nSPS) is 33.4. The van der Waals surface area contributed by atoms with Gasteiger partial charge in [0.2, 0.25) is 0 Å². The molecule has 0 bridgehead atoms. The van der Waals surface area contributed by atoms with Crippen LogP contribution in [0.2, 0.25) is 0 Å². The molecule has 94 valence electrons. The molecule has 3 heterocycles. The van der Waals surface area contributed by atoms with E-state index in [1.165, 1.54) is 19.4 Å². The van der Waals surface area contributed by atoms with Crippen LogP contribution in [-0.4, -0.2) is 56.1 Å². The first-order chi connectivity index (χ1) is 7.36. The summed E-state index contributed by atoms with van der Waals surface area (Å²) >= 11 is 0. The molecule has 0 saturated carbocycles. The van der Waals surface area contributed by atoms with E-state index in [2.05, 4.69) is 10.2 Å². The maximum absolute atomic E-state index is 5.71. The van der Waals surface area contributed by atoms with Gasteiger partial charge in [0.15, 0.2) is 5.79 Å². The zero-order chi connectivity index (χ0) is 10.1. The molecule has 3 aliphatic heterocycles. The van der Waals surface area contributed by atoms with Gasteiger partial charge in [0.25, 0.3) is 0 Å². The Morgan fingerprint density at radius 3 is 2.81 bits per heavy atom. The average Bonchev–Trinajstić information content (AvgIpc) is 2.92. The second-order valence-corrected chi connectivity index (χ2v) is 4.89. The van der Waals surface area contributed by atoms with Crippen molar-refractivity contribution >= 4 is 12.4 Å². The second-order valence-electron chi connectivity index (χ2n) is 4.89. The third-order valence-corrected chi connectivity index (χ3v) is 3.73. The third kappa shape index (κ3) is 2.51. The minimum atomic E-state index is -0.237. The van der Waals surface area contributed by atoms with Gasteiger partial charge in [0.1, 0.15) is 0 Å². The molecule has 1 atom stereocenters. The van der Waals surface area contributed by atoms with Crippen LogP contribution in [0.4, 0.5) is 0 Å². The van der Waals surface area contributed by atoms with Gasteiger partial charge >= 0.3 is 0 Å². The molecule has 4 nitrogen and oxygen atoms in total. The van der Waals surface area contributed by atoms with E-state index >= 15 is 0 Å². The Hall–Kier alpha value is 0.130. The van der Waals surface area contributed by atoms with Gasteiger partial charge in [0.05, 0.1) is 19.8 Å². The fourth-order valence-corrected chi connectivity index (χ4v) is 2.94. The van der Waals surface area contributed by atoms with Crippen LogP contribution in [0.1, 0.15) is 19.3 Å². The van der Waals surface area contributed by atoms with Gasteiger partial charge in [-0.15, -0.1) is 12.4 Å². The molecule has 3 saturated heterocycles. The summed E-state index contributed by atoms with van der Waals surface area (Å²) in [6, 6.07) is 0.696. The fourth-order valence-electron chi connectivity index (χ4n) is 2.94. The van der Waals surface area contributed by atoms with Crippen molar-refractivity contribution in [2.24, 2.45) is 0 Å².